The highest BCUT2D eigenvalue weighted by Gasteiger charge is 2.36. The fourth-order valence-corrected chi connectivity index (χ4v) is 7.62. The minimum Gasteiger partial charge on any atom is -0.452 e. The van der Waals surface area contributed by atoms with Crippen LogP contribution in [0.5, 0.6) is 0 Å². The minimum absolute atomic E-state index is 0.115. The zero-order valence-electron chi connectivity index (χ0n) is 25.0. The molecule has 2 aliphatic carbocycles. The Morgan fingerprint density at radius 2 is 1.42 bits per heavy atom. The number of fused-ring (bicyclic) bond motifs is 9. The van der Waals surface area contributed by atoms with Gasteiger partial charge in [-0.1, -0.05) is 116 Å². The summed E-state index contributed by atoms with van der Waals surface area (Å²) in [5.74, 6) is 0.275. The number of hydrogen-bond donors (Lipinski definition) is 0. The summed E-state index contributed by atoms with van der Waals surface area (Å²) in [4.78, 5) is 0. The molecular weight excluding hydrogens is 548 g/mol. The van der Waals surface area contributed by atoms with Crippen molar-refractivity contribution in [2.24, 2.45) is 5.92 Å². The maximum absolute atomic E-state index is 6.64. The number of furan rings is 2. The highest BCUT2D eigenvalue weighted by atomic mass is 16.4. The van der Waals surface area contributed by atoms with Gasteiger partial charge >= 0.3 is 0 Å². The molecule has 9 rings (SSSR count). The van der Waals surface area contributed by atoms with Gasteiger partial charge in [0.1, 0.15) is 11.2 Å². The van der Waals surface area contributed by atoms with Crippen LogP contribution >= 0.6 is 0 Å². The summed E-state index contributed by atoms with van der Waals surface area (Å²) in [6.45, 7) is 6.81. The highest BCUT2D eigenvalue weighted by molar-refractivity contribution is 6.19. The Labute approximate surface area is 261 Å². The van der Waals surface area contributed by atoms with Crippen LogP contribution < -0.4 is 0 Å². The normalized spacial score (nSPS) is 17.6. The number of para-hydroxylation sites is 1. The molecule has 0 spiro atoms. The first-order valence-corrected chi connectivity index (χ1v) is 15.6. The van der Waals surface area contributed by atoms with Crippen LogP contribution in [0.15, 0.2) is 154 Å². The van der Waals surface area contributed by atoms with Crippen LogP contribution in [0.3, 0.4) is 0 Å². The molecule has 2 unspecified atom stereocenters. The van der Waals surface area contributed by atoms with E-state index in [1.54, 1.807) is 0 Å². The first kappa shape index (κ1) is 25.9. The zero-order chi connectivity index (χ0) is 30.1. The second-order valence-corrected chi connectivity index (χ2v) is 12.0. The van der Waals surface area contributed by atoms with Crippen molar-refractivity contribution in [3.8, 4) is 0 Å². The standard InChI is InChI=1S/C43H30O2/c1-3-12-27-13-4-5-14-29(27)26(2)40-32-16-6-8-18-34(32)41(35-19-9-7-17-33(35)40)28-21-22-31-37-24-23-36-30-15-10-11-20-38(30)44-42(36)43(37)45-39(31)25-28/h3-25,32,40H,2H2,1H3/b12-3-. The van der Waals surface area contributed by atoms with Crippen molar-refractivity contribution < 1.29 is 8.83 Å². The maximum atomic E-state index is 6.64. The number of rotatable bonds is 4. The van der Waals surface area contributed by atoms with Gasteiger partial charge in [0.15, 0.2) is 11.2 Å². The van der Waals surface area contributed by atoms with Crippen molar-refractivity contribution in [3.63, 3.8) is 0 Å². The molecule has 2 nitrogen and oxygen atoms in total. The number of hydrogen-bond acceptors (Lipinski definition) is 2. The Morgan fingerprint density at radius 1 is 0.711 bits per heavy atom. The first-order valence-electron chi connectivity index (χ1n) is 15.6. The van der Waals surface area contributed by atoms with Crippen LogP contribution in [0.25, 0.3) is 61.1 Å². The molecule has 0 radical (unpaired) electrons. The van der Waals surface area contributed by atoms with Gasteiger partial charge in [-0.3, -0.25) is 0 Å². The summed E-state index contributed by atoms with van der Waals surface area (Å²) in [7, 11) is 0. The predicted molar refractivity (Wildman–Crippen MR) is 188 cm³/mol. The SMILES string of the molecule is C=C(c1ccccc1/C=C\C)C1c2ccccc2C(c2ccc3c(c2)oc2c3ccc3c4ccccc4oc32)=C2C=CC=CC21. The average Bonchev–Trinajstić information content (AvgIpc) is 3.65. The van der Waals surface area contributed by atoms with E-state index in [-0.39, 0.29) is 11.8 Å². The largest absolute Gasteiger partial charge is 0.452 e. The Bertz CT molecular complexity index is 2470. The summed E-state index contributed by atoms with van der Waals surface area (Å²) < 4.78 is 13.0. The fraction of sp³-hybridized carbons (Fsp3) is 0.0698. The van der Waals surface area contributed by atoms with Crippen LogP contribution in [-0.4, -0.2) is 0 Å². The lowest BCUT2D eigenvalue weighted by atomic mass is 9.65. The molecule has 2 heteroatoms. The van der Waals surface area contributed by atoms with Crippen LogP contribution in [-0.2, 0) is 0 Å². The van der Waals surface area contributed by atoms with Crippen molar-refractivity contribution in [2.45, 2.75) is 12.8 Å². The van der Waals surface area contributed by atoms with E-state index in [0.717, 1.165) is 55.0 Å². The molecule has 2 aromatic heterocycles. The quantitative estimate of drug-likeness (QED) is 0.208. The van der Waals surface area contributed by atoms with Gasteiger partial charge in [0, 0.05) is 33.4 Å². The molecule has 2 atom stereocenters. The van der Waals surface area contributed by atoms with E-state index < -0.39 is 0 Å². The summed E-state index contributed by atoms with van der Waals surface area (Å²) in [6.07, 6.45) is 13.2. The van der Waals surface area contributed by atoms with Crippen molar-refractivity contribution in [3.05, 3.63) is 173 Å². The molecule has 0 saturated heterocycles. The van der Waals surface area contributed by atoms with E-state index in [1.165, 1.54) is 33.4 Å². The van der Waals surface area contributed by atoms with Crippen molar-refractivity contribution >= 4 is 61.1 Å². The lowest BCUT2D eigenvalue weighted by Gasteiger charge is -2.38. The van der Waals surface area contributed by atoms with Gasteiger partial charge in [-0.2, -0.15) is 0 Å². The van der Waals surface area contributed by atoms with Crippen LogP contribution in [0.4, 0.5) is 0 Å². The van der Waals surface area contributed by atoms with Gasteiger partial charge < -0.3 is 8.83 Å². The predicted octanol–water partition coefficient (Wildman–Crippen LogP) is 11.9. The molecule has 2 heterocycles. The Hall–Kier alpha value is -5.60. The molecule has 5 aromatic carbocycles. The maximum Gasteiger partial charge on any atom is 0.178 e. The molecule has 0 N–H and O–H groups in total. The molecule has 7 aromatic rings. The minimum atomic E-state index is 0.115. The monoisotopic (exact) mass is 578 g/mol. The smallest absolute Gasteiger partial charge is 0.178 e. The molecule has 45 heavy (non-hydrogen) atoms. The molecule has 0 aliphatic heterocycles. The van der Waals surface area contributed by atoms with Gasteiger partial charge in [0.2, 0.25) is 0 Å². The number of allylic oxidation sites excluding steroid dienone is 7. The van der Waals surface area contributed by atoms with E-state index >= 15 is 0 Å². The summed E-state index contributed by atoms with van der Waals surface area (Å²) in [5.41, 5.74) is 13.1. The topological polar surface area (TPSA) is 26.3 Å². The molecule has 0 saturated carbocycles. The van der Waals surface area contributed by atoms with Crippen LogP contribution in [0, 0.1) is 5.92 Å². The number of benzene rings is 5. The van der Waals surface area contributed by atoms with Crippen molar-refractivity contribution in [1.82, 2.24) is 0 Å². The molecular formula is C43H30O2. The molecule has 0 amide bonds. The lowest BCUT2D eigenvalue weighted by molar-refractivity contribution is 0.633. The Kier molecular flexibility index (Phi) is 5.73. The molecule has 2 aliphatic rings. The van der Waals surface area contributed by atoms with Gasteiger partial charge in [-0.05, 0) is 81.8 Å². The lowest BCUT2D eigenvalue weighted by Crippen LogP contribution is -2.23. The molecule has 214 valence electrons. The van der Waals surface area contributed by atoms with Crippen LogP contribution in [0.1, 0.15) is 40.7 Å². The average molecular weight is 579 g/mol. The molecule has 0 bridgehead atoms. The van der Waals surface area contributed by atoms with E-state index in [9.17, 15) is 0 Å². The van der Waals surface area contributed by atoms with Gasteiger partial charge in [0.25, 0.3) is 0 Å². The second kappa shape index (κ2) is 9.97. The molecule has 0 fully saturated rings. The summed E-state index contributed by atoms with van der Waals surface area (Å²) in [6, 6.07) is 36.6. The van der Waals surface area contributed by atoms with E-state index in [4.69, 9.17) is 15.4 Å². The van der Waals surface area contributed by atoms with Crippen molar-refractivity contribution in [1.29, 1.82) is 0 Å². The van der Waals surface area contributed by atoms with Gasteiger partial charge in [-0.25, -0.2) is 0 Å². The van der Waals surface area contributed by atoms with Crippen molar-refractivity contribution in [2.75, 3.05) is 0 Å². The first-order chi connectivity index (χ1) is 22.2. The third-order valence-corrected chi connectivity index (χ3v) is 9.58. The third kappa shape index (κ3) is 3.82. The van der Waals surface area contributed by atoms with Gasteiger partial charge in [-0.15, -0.1) is 0 Å². The third-order valence-electron chi connectivity index (χ3n) is 9.58. The highest BCUT2D eigenvalue weighted by Crippen LogP contribution is 2.52. The Balaban J connectivity index is 1.24. The van der Waals surface area contributed by atoms with Gasteiger partial charge in [0.05, 0.1) is 0 Å². The Morgan fingerprint density at radius 3 is 2.29 bits per heavy atom. The van der Waals surface area contributed by atoms with E-state index in [1.807, 2.05) is 18.2 Å². The zero-order valence-corrected chi connectivity index (χ0v) is 25.0. The van der Waals surface area contributed by atoms with E-state index in [0.29, 0.717) is 0 Å². The summed E-state index contributed by atoms with van der Waals surface area (Å²) >= 11 is 0. The second-order valence-electron chi connectivity index (χ2n) is 12.0. The fourth-order valence-electron chi connectivity index (χ4n) is 7.62. The van der Waals surface area contributed by atoms with E-state index in [2.05, 4.69) is 128 Å². The van der Waals surface area contributed by atoms with Crippen LogP contribution in [0.2, 0.25) is 0 Å². The summed E-state index contributed by atoms with van der Waals surface area (Å²) in [5, 5.41) is 4.34.